The van der Waals surface area contributed by atoms with Gasteiger partial charge in [0, 0.05) is 6.04 Å². The third-order valence-electron chi connectivity index (χ3n) is 3.62. The van der Waals surface area contributed by atoms with Crippen LogP contribution in [-0.4, -0.2) is 24.0 Å². The third kappa shape index (κ3) is 5.95. The molecule has 2 atom stereocenters. The molecular formula is C18H22FN3O3. The van der Waals surface area contributed by atoms with Gasteiger partial charge in [-0.25, -0.2) is 9.18 Å². The lowest BCUT2D eigenvalue weighted by Gasteiger charge is -2.18. The second-order valence-electron chi connectivity index (χ2n) is 5.83. The predicted octanol–water partition coefficient (Wildman–Crippen LogP) is 2.35. The van der Waals surface area contributed by atoms with E-state index in [1.54, 1.807) is 44.2 Å². The maximum atomic E-state index is 13.6. The van der Waals surface area contributed by atoms with E-state index in [0.29, 0.717) is 17.7 Å². The van der Waals surface area contributed by atoms with Crippen LogP contribution in [0.15, 0.2) is 47.1 Å². The largest absolute Gasteiger partial charge is 0.467 e. The molecule has 25 heavy (non-hydrogen) atoms. The molecule has 1 aromatic heterocycles. The van der Waals surface area contributed by atoms with Crippen molar-refractivity contribution in [2.45, 2.75) is 38.9 Å². The van der Waals surface area contributed by atoms with Crippen LogP contribution < -0.4 is 16.0 Å². The maximum Gasteiger partial charge on any atom is 0.315 e. The van der Waals surface area contributed by atoms with Crippen LogP contribution in [0.4, 0.5) is 9.18 Å². The minimum absolute atomic E-state index is 0.253. The summed E-state index contributed by atoms with van der Waals surface area (Å²) in [5.41, 5.74) is 0.527. The summed E-state index contributed by atoms with van der Waals surface area (Å²) >= 11 is 0. The highest BCUT2D eigenvalue weighted by atomic mass is 19.1. The molecule has 3 amide bonds. The third-order valence-corrected chi connectivity index (χ3v) is 3.62. The standard InChI is InChI=1S/C18H22FN3O3/c1-12(10-14-6-3-4-8-16(14)19)21-18(24)22-13(2)17(23)20-11-15-7-5-9-25-15/h3-9,12-13H,10-11H2,1-2H3,(H,20,23)(H2,21,22,24)/t12-,13+/m0/s1. The van der Waals surface area contributed by atoms with Crippen molar-refractivity contribution in [3.05, 3.63) is 59.8 Å². The van der Waals surface area contributed by atoms with Gasteiger partial charge >= 0.3 is 6.03 Å². The van der Waals surface area contributed by atoms with E-state index in [-0.39, 0.29) is 24.3 Å². The molecule has 0 saturated heterocycles. The fourth-order valence-corrected chi connectivity index (χ4v) is 2.31. The normalized spacial score (nSPS) is 12.9. The highest BCUT2D eigenvalue weighted by Gasteiger charge is 2.17. The first-order valence-electron chi connectivity index (χ1n) is 8.06. The van der Waals surface area contributed by atoms with Crippen LogP contribution in [0.5, 0.6) is 0 Å². The fraction of sp³-hybridized carbons (Fsp3) is 0.333. The summed E-state index contributed by atoms with van der Waals surface area (Å²) in [6.07, 6.45) is 1.88. The van der Waals surface area contributed by atoms with Crippen LogP contribution in [0.3, 0.4) is 0 Å². The van der Waals surface area contributed by atoms with Crippen molar-refractivity contribution in [3.63, 3.8) is 0 Å². The molecule has 7 heteroatoms. The quantitative estimate of drug-likeness (QED) is 0.719. The minimum atomic E-state index is -0.712. The Morgan fingerprint density at radius 2 is 1.88 bits per heavy atom. The Morgan fingerprint density at radius 1 is 1.12 bits per heavy atom. The molecule has 134 valence electrons. The smallest absolute Gasteiger partial charge is 0.315 e. The summed E-state index contributed by atoms with van der Waals surface area (Å²) < 4.78 is 18.7. The lowest BCUT2D eigenvalue weighted by Crippen LogP contribution is -2.50. The zero-order valence-electron chi connectivity index (χ0n) is 14.2. The number of amides is 3. The molecular weight excluding hydrogens is 325 g/mol. The van der Waals surface area contributed by atoms with E-state index in [2.05, 4.69) is 16.0 Å². The van der Waals surface area contributed by atoms with E-state index in [1.807, 2.05) is 0 Å². The number of hydrogen-bond donors (Lipinski definition) is 3. The zero-order chi connectivity index (χ0) is 18.2. The van der Waals surface area contributed by atoms with Crippen LogP contribution in [0.1, 0.15) is 25.2 Å². The van der Waals surface area contributed by atoms with Crippen molar-refractivity contribution in [3.8, 4) is 0 Å². The SMILES string of the molecule is C[C@@H](Cc1ccccc1F)NC(=O)N[C@H](C)C(=O)NCc1ccco1. The summed E-state index contributed by atoms with van der Waals surface area (Å²) in [7, 11) is 0. The highest BCUT2D eigenvalue weighted by molar-refractivity contribution is 5.86. The van der Waals surface area contributed by atoms with E-state index in [1.165, 1.54) is 12.3 Å². The van der Waals surface area contributed by atoms with Gasteiger partial charge in [0.15, 0.2) is 0 Å². The van der Waals surface area contributed by atoms with E-state index < -0.39 is 12.1 Å². The van der Waals surface area contributed by atoms with Gasteiger partial charge in [0.2, 0.25) is 5.91 Å². The molecule has 0 saturated carbocycles. The van der Waals surface area contributed by atoms with Gasteiger partial charge in [0.25, 0.3) is 0 Å². The molecule has 0 aliphatic rings. The number of halogens is 1. The van der Waals surface area contributed by atoms with Crippen LogP contribution in [0.2, 0.25) is 0 Å². The van der Waals surface area contributed by atoms with Crippen LogP contribution in [-0.2, 0) is 17.8 Å². The summed E-state index contributed by atoms with van der Waals surface area (Å²) in [5.74, 6) is -0.000881. The molecule has 1 aromatic carbocycles. The zero-order valence-corrected chi connectivity index (χ0v) is 14.2. The Balaban J connectivity index is 1.74. The number of carbonyl (C=O) groups excluding carboxylic acids is 2. The van der Waals surface area contributed by atoms with Gasteiger partial charge in [0.1, 0.15) is 17.6 Å². The Hall–Kier alpha value is -2.83. The first-order valence-corrected chi connectivity index (χ1v) is 8.06. The first kappa shape index (κ1) is 18.5. The molecule has 0 radical (unpaired) electrons. The molecule has 6 nitrogen and oxygen atoms in total. The Morgan fingerprint density at radius 3 is 2.56 bits per heavy atom. The molecule has 2 aromatic rings. The lowest BCUT2D eigenvalue weighted by molar-refractivity contribution is -0.122. The molecule has 0 aliphatic carbocycles. The lowest BCUT2D eigenvalue weighted by atomic mass is 10.1. The number of hydrogen-bond acceptors (Lipinski definition) is 3. The van der Waals surface area contributed by atoms with Crippen molar-refractivity contribution in [2.75, 3.05) is 0 Å². The fourth-order valence-electron chi connectivity index (χ4n) is 2.31. The molecule has 0 unspecified atom stereocenters. The van der Waals surface area contributed by atoms with Crippen molar-refractivity contribution >= 4 is 11.9 Å². The number of furan rings is 1. The number of carbonyl (C=O) groups is 2. The van der Waals surface area contributed by atoms with E-state index in [9.17, 15) is 14.0 Å². The highest BCUT2D eigenvalue weighted by Crippen LogP contribution is 2.08. The van der Waals surface area contributed by atoms with E-state index in [0.717, 1.165) is 0 Å². The summed E-state index contributed by atoms with van der Waals surface area (Å²) in [5, 5.41) is 7.92. The molecule has 0 aliphatic heterocycles. The number of nitrogens with one attached hydrogen (secondary N) is 3. The molecule has 3 N–H and O–H groups in total. The van der Waals surface area contributed by atoms with Gasteiger partial charge < -0.3 is 20.4 Å². The van der Waals surface area contributed by atoms with Crippen molar-refractivity contribution < 1.29 is 18.4 Å². The average molecular weight is 347 g/mol. The predicted molar refractivity (Wildman–Crippen MR) is 91.3 cm³/mol. The molecule has 1 heterocycles. The topological polar surface area (TPSA) is 83.4 Å². The van der Waals surface area contributed by atoms with Gasteiger partial charge in [-0.2, -0.15) is 0 Å². The monoisotopic (exact) mass is 347 g/mol. The van der Waals surface area contributed by atoms with Crippen molar-refractivity contribution in [2.24, 2.45) is 0 Å². The number of benzene rings is 1. The Kier molecular flexibility index (Phi) is 6.56. The van der Waals surface area contributed by atoms with E-state index in [4.69, 9.17) is 4.42 Å². The first-order chi connectivity index (χ1) is 12.0. The van der Waals surface area contributed by atoms with Crippen LogP contribution in [0.25, 0.3) is 0 Å². The minimum Gasteiger partial charge on any atom is -0.467 e. The van der Waals surface area contributed by atoms with Gasteiger partial charge in [0.05, 0.1) is 12.8 Å². The average Bonchev–Trinajstić information content (AvgIpc) is 3.08. The van der Waals surface area contributed by atoms with Crippen molar-refractivity contribution in [1.29, 1.82) is 0 Å². The van der Waals surface area contributed by atoms with Gasteiger partial charge in [-0.3, -0.25) is 4.79 Å². The second-order valence-corrected chi connectivity index (χ2v) is 5.83. The Labute approximate surface area is 145 Å². The second kappa shape index (κ2) is 8.86. The molecule has 0 bridgehead atoms. The summed E-state index contributed by atoms with van der Waals surface area (Å²) in [6.45, 7) is 3.61. The maximum absolute atomic E-state index is 13.6. The molecule has 0 spiro atoms. The van der Waals surface area contributed by atoms with Crippen molar-refractivity contribution in [1.82, 2.24) is 16.0 Å². The van der Waals surface area contributed by atoms with Gasteiger partial charge in [-0.05, 0) is 44.0 Å². The summed E-state index contributed by atoms with van der Waals surface area (Å²) in [6, 6.07) is 8.42. The molecule has 2 rings (SSSR count). The summed E-state index contributed by atoms with van der Waals surface area (Å²) in [4.78, 5) is 23.9. The molecule has 0 fully saturated rings. The van der Waals surface area contributed by atoms with Gasteiger partial charge in [-0.15, -0.1) is 0 Å². The van der Waals surface area contributed by atoms with Crippen LogP contribution >= 0.6 is 0 Å². The number of rotatable bonds is 7. The number of urea groups is 1. The van der Waals surface area contributed by atoms with Crippen LogP contribution in [0, 0.1) is 5.82 Å². The Bertz CT molecular complexity index is 703. The van der Waals surface area contributed by atoms with E-state index >= 15 is 0 Å². The van der Waals surface area contributed by atoms with Gasteiger partial charge in [-0.1, -0.05) is 18.2 Å².